The number of carbonyl (C=O) groups excluding carboxylic acids is 1. The standard InChI is InChI=1S/C28H42ClN3O2/c1-7-22(8-9-23-16-25(29)18-26(30)17-23)19-32(20(2)3,21(4)5)15-14-31-28(33)24-10-12-27(34-6)13-11-24/h10-13,16-18,20-22H,7-9,14-15,19,30H2,1-6H3/p+1. The molecule has 0 fully saturated rings. The number of ether oxygens (including phenoxy) is 1. The van der Waals surface area contributed by atoms with Gasteiger partial charge in [-0.25, -0.2) is 0 Å². The zero-order valence-electron chi connectivity index (χ0n) is 21.7. The molecule has 0 bridgehead atoms. The lowest BCUT2D eigenvalue weighted by molar-refractivity contribution is -0.968. The Bertz CT molecular complexity index is 884. The predicted molar refractivity (Wildman–Crippen MR) is 144 cm³/mol. The second-order valence-electron chi connectivity index (χ2n) is 9.89. The summed E-state index contributed by atoms with van der Waals surface area (Å²) in [7, 11) is 1.62. The molecule has 5 nitrogen and oxygen atoms in total. The number of anilines is 1. The minimum absolute atomic E-state index is 0.0427. The van der Waals surface area contributed by atoms with Crippen LogP contribution in [0, 0.1) is 5.92 Å². The largest absolute Gasteiger partial charge is 0.497 e. The number of benzene rings is 2. The molecule has 1 unspecified atom stereocenters. The van der Waals surface area contributed by atoms with Crippen molar-refractivity contribution in [2.75, 3.05) is 32.5 Å². The Hall–Kier alpha value is -2.24. The van der Waals surface area contributed by atoms with Gasteiger partial charge in [0.1, 0.15) is 5.75 Å². The number of nitrogens with two attached hydrogens (primary N) is 1. The molecule has 2 aromatic carbocycles. The van der Waals surface area contributed by atoms with Crippen LogP contribution in [-0.2, 0) is 6.42 Å². The van der Waals surface area contributed by atoms with E-state index in [4.69, 9.17) is 22.1 Å². The Morgan fingerprint density at radius 2 is 1.74 bits per heavy atom. The van der Waals surface area contributed by atoms with Crippen molar-refractivity contribution in [2.45, 2.75) is 66.0 Å². The first-order valence-corrected chi connectivity index (χ1v) is 12.8. The summed E-state index contributed by atoms with van der Waals surface area (Å²) in [5, 5.41) is 3.84. The molecule has 0 aliphatic carbocycles. The predicted octanol–water partition coefficient (Wildman–Crippen LogP) is 5.95. The number of methoxy groups -OCH3 is 1. The second-order valence-corrected chi connectivity index (χ2v) is 10.3. The van der Waals surface area contributed by atoms with Crippen molar-refractivity contribution < 1.29 is 14.0 Å². The first-order chi connectivity index (χ1) is 16.1. The van der Waals surface area contributed by atoms with Gasteiger partial charge in [0.2, 0.25) is 0 Å². The lowest BCUT2D eigenvalue weighted by Gasteiger charge is -2.48. The van der Waals surface area contributed by atoms with E-state index in [1.165, 1.54) is 5.56 Å². The number of carbonyl (C=O) groups is 1. The highest BCUT2D eigenvalue weighted by atomic mass is 35.5. The molecule has 0 aliphatic rings. The average Bonchev–Trinajstić information content (AvgIpc) is 2.79. The third-order valence-corrected chi connectivity index (χ3v) is 7.44. The number of aryl methyl sites for hydroxylation is 1. The summed E-state index contributed by atoms with van der Waals surface area (Å²) in [6.45, 7) is 14.1. The van der Waals surface area contributed by atoms with Gasteiger partial charge in [0.05, 0.1) is 38.8 Å². The molecule has 188 valence electrons. The van der Waals surface area contributed by atoms with Crippen molar-refractivity contribution in [3.05, 3.63) is 58.6 Å². The Balaban J connectivity index is 2.05. The van der Waals surface area contributed by atoms with Crippen molar-refractivity contribution in [3.63, 3.8) is 0 Å². The number of nitrogens with one attached hydrogen (secondary N) is 1. The molecule has 2 aromatic rings. The number of amides is 1. The van der Waals surface area contributed by atoms with Crippen LogP contribution in [0.25, 0.3) is 0 Å². The molecular formula is C28H43ClN3O2+. The van der Waals surface area contributed by atoms with Gasteiger partial charge in [0.25, 0.3) is 5.91 Å². The number of hydrogen-bond acceptors (Lipinski definition) is 3. The van der Waals surface area contributed by atoms with Crippen LogP contribution < -0.4 is 15.8 Å². The van der Waals surface area contributed by atoms with E-state index in [-0.39, 0.29) is 5.91 Å². The highest BCUT2D eigenvalue weighted by Crippen LogP contribution is 2.27. The van der Waals surface area contributed by atoms with Gasteiger partial charge in [0.15, 0.2) is 0 Å². The van der Waals surface area contributed by atoms with Gasteiger partial charge < -0.3 is 20.3 Å². The molecule has 34 heavy (non-hydrogen) atoms. The fourth-order valence-electron chi connectivity index (χ4n) is 4.94. The Morgan fingerprint density at radius 3 is 2.26 bits per heavy atom. The van der Waals surface area contributed by atoms with Crippen molar-refractivity contribution in [2.24, 2.45) is 5.92 Å². The Morgan fingerprint density at radius 1 is 1.09 bits per heavy atom. The van der Waals surface area contributed by atoms with E-state index in [0.29, 0.717) is 35.1 Å². The molecule has 6 heteroatoms. The van der Waals surface area contributed by atoms with Crippen molar-refractivity contribution >= 4 is 23.2 Å². The van der Waals surface area contributed by atoms with Crippen LogP contribution in [0.1, 0.15) is 63.4 Å². The summed E-state index contributed by atoms with van der Waals surface area (Å²) in [6.07, 6.45) is 3.18. The fraction of sp³-hybridized carbons (Fsp3) is 0.536. The van der Waals surface area contributed by atoms with Gasteiger partial charge in [-0.15, -0.1) is 0 Å². The molecule has 0 saturated heterocycles. The smallest absolute Gasteiger partial charge is 0.251 e. The van der Waals surface area contributed by atoms with E-state index in [1.807, 2.05) is 24.3 Å². The van der Waals surface area contributed by atoms with Crippen LogP contribution in [0.5, 0.6) is 5.75 Å². The molecule has 0 aromatic heterocycles. The third-order valence-electron chi connectivity index (χ3n) is 7.22. The molecule has 0 spiro atoms. The first kappa shape index (κ1) is 28.0. The van der Waals surface area contributed by atoms with Gasteiger partial charge >= 0.3 is 0 Å². The quantitative estimate of drug-likeness (QED) is 0.270. The summed E-state index contributed by atoms with van der Waals surface area (Å²) >= 11 is 6.21. The van der Waals surface area contributed by atoms with Crippen molar-refractivity contribution in [1.82, 2.24) is 5.32 Å². The summed E-state index contributed by atoms with van der Waals surface area (Å²) in [5.74, 6) is 1.28. The van der Waals surface area contributed by atoms with Crippen LogP contribution in [0.15, 0.2) is 42.5 Å². The molecule has 1 amide bonds. The van der Waals surface area contributed by atoms with E-state index < -0.39 is 0 Å². The van der Waals surface area contributed by atoms with Gasteiger partial charge in [-0.2, -0.15) is 0 Å². The number of halogens is 1. The maximum atomic E-state index is 12.7. The van der Waals surface area contributed by atoms with E-state index in [0.717, 1.165) is 48.3 Å². The van der Waals surface area contributed by atoms with Gasteiger partial charge in [-0.3, -0.25) is 4.79 Å². The van der Waals surface area contributed by atoms with Crippen molar-refractivity contribution in [3.8, 4) is 5.75 Å². The SMILES string of the molecule is CCC(CCc1cc(N)cc(Cl)c1)C[N+](CCNC(=O)c1ccc(OC)cc1)(C(C)C)C(C)C. The van der Waals surface area contributed by atoms with Crippen LogP contribution in [0.2, 0.25) is 5.02 Å². The fourth-order valence-corrected chi connectivity index (χ4v) is 5.21. The molecular weight excluding hydrogens is 446 g/mol. The topological polar surface area (TPSA) is 64.3 Å². The molecule has 0 saturated carbocycles. The normalized spacial score (nSPS) is 12.7. The maximum absolute atomic E-state index is 12.7. The maximum Gasteiger partial charge on any atom is 0.251 e. The summed E-state index contributed by atoms with van der Waals surface area (Å²) in [6, 6.07) is 14.0. The van der Waals surface area contributed by atoms with Gasteiger partial charge in [-0.1, -0.05) is 18.5 Å². The van der Waals surface area contributed by atoms with Crippen molar-refractivity contribution in [1.29, 1.82) is 0 Å². The van der Waals surface area contributed by atoms with Gasteiger partial charge in [-0.05, 0) is 95.0 Å². The van der Waals surface area contributed by atoms with Crippen LogP contribution in [-0.4, -0.2) is 49.2 Å². The van der Waals surface area contributed by atoms with E-state index in [2.05, 4.69) is 39.9 Å². The monoisotopic (exact) mass is 488 g/mol. The highest BCUT2D eigenvalue weighted by molar-refractivity contribution is 6.30. The van der Waals surface area contributed by atoms with E-state index in [9.17, 15) is 4.79 Å². The number of rotatable bonds is 13. The Kier molecular flexibility index (Phi) is 10.7. The summed E-state index contributed by atoms with van der Waals surface area (Å²) in [5.41, 5.74) is 8.56. The lowest BCUT2D eigenvalue weighted by Crippen LogP contribution is -2.62. The van der Waals surface area contributed by atoms with E-state index >= 15 is 0 Å². The summed E-state index contributed by atoms with van der Waals surface area (Å²) < 4.78 is 6.16. The minimum Gasteiger partial charge on any atom is -0.497 e. The summed E-state index contributed by atoms with van der Waals surface area (Å²) in [4.78, 5) is 12.7. The number of nitrogens with zero attached hydrogens (tertiary/aromatic N) is 1. The van der Waals surface area contributed by atoms with Crippen LogP contribution in [0.4, 0.5) is 5.69 Å². The molecule has 0 aliphatic heterocycles. The first-order valence-electron chi connectivity index (χ1n) is 12.4. The average molecular weight is 489 g/mol. The van der Waals surface area contributed by atoms with Gasteiger partial charge in [0, 0.05) is 22.2 Å². The van der Waals surface area contributed by atoms with Crippen LogP contribution in [0.3, 0.4) is 0 Å². The third kappa shape index (κ3) is 7.64. The molecule has 0 heterocycles. The molecule has 0 radical (unpaired) electrons. The molecule has 3 N–H and O–H groups in total. The minimum atomic E-state index is -0.0427. The Labute approximate surface area is 211 Å². The second kappa shape index (κ2) is 13.0. The molecule has 2 rings (SSSR count). The lowest BCUT2D eigenvalue weighted by atomic mass is 9.93. The molecule has 1 atom stereocenters. The number of quaternary nitrogens is 1. The number of hydrogen-bond donors (Lipinski definition) is 2. The highest BCUT2D eigenvalue weighted by Gasteiger charge is 2.36. The zero-order chi connectivity index (χ0) is 25.3. The van der Waals surface area contributed by atoms with Crippen LogP contribution >= 0.6 is 11.6 Å². The zero-order valence-corrected chi connectivity index (χ0v) is 22.5. The van der Waals surface area contributed by atoms with E-state index in [1.54, 1.807) is 25.3 Å². The number of nitrogen functional groups attached to an aromatic ring is 1.